The van der Waals surface area contributed by atoms with Gasteiger partial charge in [-0.2, -0.15) is 0 Å². The average molecular weight is 382 g/mol. The standard InChI is InChI=1S/C19H18N4O5/c1-22-11-15(14-4-2-3-5-16(14)22)17(24)10-20-18(25)19(26)21-12-6-8-13(9-7-12)23(27)28/h2-9,11,17,24H,10H2,1H3,(H,20,25)(H,21,26). The van der Waals surface area contributed by atoms with Crippen molar-refractivity contribution in [1.29, 1.82) is 0 Å². The molecule has 0 spiro atoms. The van der Waals surface area contributed by atoms with Crippen molar-refractivity contribution < 1.29 is 19.6 Å². The number of nitrogens with zero attached hydrogens (tertiary/aromatic N) is 2. The highest BCUT2D eigenvalue weighted by Gasteiger charge is 2.19. The summed E-state index contributed by atoms with van der Waals surface area (Å²) in [6, 6.07) is 12.6. The monoisotopic (exact) mass is 382 g/mol. The van der Waals surface area contributed by atoms with E-state index in [4.69, 9.17) is 0 Å². The molecule has 2 amide bonds. The molecule has 0 aliphatic heterocycles. The van der Waals surface area contributed by atoms with E-state index in [-0.39, 0.29) is 17.9 Å². The summed E-state index contributed by atoms with van der Waals surface area (Å²) in [5.41, 5.74) is 1.72. The molecule has 0 saturated carbocycles. The summed E-state index contributed by atoms with van der Waals surface area (Å²) in [7, 11) is 1.86. The number of amides is 2. The van der Waals surface area contributed by atoms with E-state index in [0.29, 0.717) is 5.56 Å². The molecule has 2 aromatic carbocycles. The molecule has 1 atom stereocenters. The molecule has 0 saturated heterocycles. The van der Waals surface area contributed by atoms with Gasteiger partial charge in [-0.25, -0.2) is 0 Å². The molecule has 144 valence electrons. The van der Waals surface area contributed by atoms with Crippen molar-refractivity contribution in [3.05, 3.63) is 70.4 Å². The van der Waals surface area contributed by atoms with Crippen molar-refractivity contribution in [2.75, 3.05) is 11.9 Å². The number of nitro groups is 1. The van der Waals surface area contributed by atoms with Crippen LogP contribution in [0.2, 0.25) is 0 Å². The van der Waals surface area contributed by atoms with E-state index in [2.05, 4.69) is 10.6 Å². The Morgan fingerprint density at radius 1 is 1.14 bits per heavy atom. The minimum atomic E-state index is -0.984. The Kier molecular flexibility index (Phi) is 5.37. The van der Waals surface area contributed by atoms with Crippen LogP contribution in [0.4, 0.5) is 11.4 Å². The number of hydrogen-bond acceptors (Lipinski definition) is 5. The zero-order valence-electron chi connectivity index (χ0n) is 15.0. The van der Waals surface area contributed by atoms with Gasteiger partial charge in [-0.05, 0) is 18.2 Å². The third-order valence-corrected chi connectivity index (χ3v) is 4.28. The number of aromatic nitrogens is 1. The summed E-state index contributed by atoms with van der Waals surface area (Å²) < 4.78 is 1.87. The van der Waals surface area contributed by atoms with Gasteiger partial charge in [0, 0.05) is 54.1 Å². The number of carbonyl (C=O) groups excluding carboxylic acids is 2. The van der Waals surface area contributed by atoms with E-state index in [1.165, 1.54) is 24.3 Å². The van der Waals surface area contributed by atoms with Crippen LogP contribution in [0.25, 0.3) is 10.9 Å². The lowest BCUT2D eigenvalue weighted by Crippen LogP contribution is -2.37. The summed E-state index contributed by atoms with van der Waals surface area (Å²) in [4.78, 5) is 34.0. The fourth-order valence-electron chi connectivity index (χ4n) is 2.87. The molecular formula is C19H18N4O5. The zero-order chi connectivity index (χ0) is 20.3. The third kappa shape index (κ3) is 3.99. The van der Waals surface area contributed by atoms with Crippen LogP contribution in [0.5, 0.6) is 0 Å². The Labute approximate surface area is 159 Å². The Bertz CT molecular complexity index is 1040. The number of carbonyl (C=O) groups is 2. The van der Waals surface area contributed by atoms with Gasteiger partial charge in [-0.1, -0.05) is 18.2 Å². The number of para-hydroxylation sites is 1. The first-order valence-corrected chi connectivity index (χ1v) is 8.42. The molecule has 1 unspecified atom stereocenters. The Balaban J connectivity index is 1.59. The summed E-state index contributed by atoms with van der Waals surface area (Å²) in [6.45, 7) is -0.138. The van der Waals surface area contributed by atoms with Gasteiger partial charge in [0.2, 0.25) is 0 Å². The van der Waals surface area contributed by atoms with Crippen LogP contribution in [0.3, 0.4) is 0 Å². The Morgan fingerprint density at radius 2 is 1.82 bits per heavy atom. The van der Waals surface area contributed by atoms with Gasteiger partial charge in [0.1, 0.15) is 0 Å². The van der Waals surface area contributed by atoms with Crippen molar-refractivity contribution in [2.24, 2.45) is 7.05 Å². The predicted octanol–water partition coefficient (Wildman–Crippen LogP) is 1.87. The highest BCUT2D eigenvalue weighted by atomic mass is 16.6. The van der Waals surface area contributed by atoms with Crippen LogP contribution in [0.1, 0.15) is 11.7 Å². The fraction of sp³-hybridized carbons (Fsp3) is 0.158. The number of benzene rings is 2. The lowest BCUT2D eigenvalue weighted by Gasteiger charge is -2.11. The van der Waals surface area contributed by atoms with Gasteiger partial charge in [-0.15, -0.1) is 0 Å². The highest BCUT2D eigenvalue weighted by Crippen LogP contribution is 2.25. The second kappa shape index (κ2) is 7.89. The zero-order valence-corrected chi connectivity index (χ0v) is 15.0. The molecule has 0 bridgehead atoms. The maximum absolute atomic E-state index is 12.0. The molecular weight excluding hydrogens is 364 g/mol. The number of fused-ring (bicyclic) bond motifs is 1. The molecule has 9 nitrogen and oxygen atoms in total. The second-order valence-corrected chi connectivity index (χ2v) is 6.20. The predicted molar refractivity (Wildman–Crippen MR) is 103 cm³/mol. The molecule has 1 aromatic heterocycles. The number of nitrogens with one attached hydrogen (secondary N) is 2. The summed E-state index contributed by atoms with van der Waals surface area (Å²) >= 11 is 0. The Morgan fingerprint density at radius 3 is 2.50 bits per heavy atom. The summed E-state index contributed by atoms with van der Waals surface area (Å²) in [5.74, 6) is -1.85. The molecule has 3 aromatic rings. The maximum atomic E-state index is 12.0. The Hall–Kier alpha value is -3.72. The van der Waals surface area contributed by atoms with Crippen LogP contribution in [-0.2, 0) is 16.6 Å². The molecule has 0 radical (unpaired) electrons. The van der Waals surface area contributed by atoms with Crippen molar-refractivity contribution in [2.45, 2.75) is 6.10 Å². The normalized spacial score (nSPS) is 11.8. The molecule has 1 heterocycles. The lowest BCUT2D eigenvalue weighted by atomic mass is 10.1. The van der Waals surface area contributed by atoms with Crippen molar-refractivity contribution in [3.8, 4) is 0 Å². The third-order valence-electron chi connectivity index (χ3n) is 4.28. The van der Waals surface area contributed by atoms with Gasteiger partial charge >= 0.3 is 11.8 Å². The topological polar surface area (TPSA) is 126 Å². The average Bonchev–Trinajstić information content (AvgIpc) is 3.03. The first-order valence-electron chi connectivity index (χ1n) is 8.42. The van der Waals surface area contributed by atoms with E-state index in [0.717, 1.165) is 10.9 Å². The number of aryl methyl sites for hydroxylation is 1. The van der Waals surface area contributed by atoms with Crippen LogP contribution >= 0.6 is 0 Å². The van der Waals surface area contributed by atoms with Gasteiger partial charge in [0.15, 0.2) is 0 Å². The molecule has 0 aliphatic carbocycles. The fourth-order valence-corrected chi connectivity index (χ4v) is 2.87. The number of aliphatic hydroxyl groups is 1. The number of aliphatic hydroxyl groups excluding tert-OH is 1. The maximum Gasteiger partial charge on any atom is 0.313 e. The highest BCUT2D eigenvalue weighted by molar-refractivity contribution is 6.39. The number of nitro benzene ring substituents is 1. The first-order chi connectivity index (χ1) is 13.4. The van der Waals surface area contributed by atoms with Gasteiger partial charge < -0.3 is 20.3 Å². The lowest BCUT2D eigenvalue weighted by molar-refractivity contribution is -0.384. The number of non-ortho nitro benzene ring substituents is 1. The van der Waals surface area contributed by atoms with Gasteiger partial charge in [-0.3, -0.25) is 19.7 Å². The van der Waals surface area contributed by atoms with Crippen molar-refractivity contribution >= 4 is 34.1 Å². The summed E-state index contributed by atoms with van der Waals surface area (Å²) in [5, 5.41) is 26.6. The quantitative estimate of drug-likeness (QED) is 0.353. The van der Waals surface area contributed by atoms with Crippen LogP contribution in [0, 0.1) is 10.1 Å². The van der Waals surface area contributed by atoms with E-state index < -0.39 is 22.8 Å². The van der Waals surface area contributed by atoms with E-state index in [9.17, 15) is 24.8 Å². The first kappa shape index (κ1) is 19.1. The minimum Gasteiger partial charge on any atom is -0.386 e. The number of hydrogen-bond donors (Lipinski definition) is 3. The smallest absolute Gasteiger partial charge is 0.313 e. The van der Waals surface area contributed by atoms with Gasteiger partial charge in [0.05, 0.1) is 11.0 Å². The van der Waals surface area contributed by atoms with Crippen LogP contribution < -0.4 is 10.6 Å². The van der Waals surface area contributed by atoms with Gasteiger partial charge in [0.25, 0.3) is 5.69 Å². The minimum absolute atomic E-state index is 0.124. The molecule has 3 N–H and O–H groups in total. The molecule has 28 heavy (non-hydrogen) atoms. The van der Waals surface area contributed by atoms with E-state index >= 15 is 0 Å². The second-order valence-electron chi connectivity index (χ2n) is 6.20. The summed E-state index contributed by atoms with van der Waals surface area (Å²) in [6.07, 6.45) is 0.792. The molecule has 9 heteroatoms. The molecule has 0 fully saturated rings. The van der Waals surface area contributed by atoms with Crippen LogP contribution in [0.15, 0.2) is 54.7 Å². The van der Waals surface area contributed by atoms with Crippen LogP contribution in [-0.4, -0.2) is 33.0 Å². The SMILES string of the molecule is Cn1cc(C(O)CNC(=O)C(=O)Nc2ccc([N+](=O)[O-])cc2)c2ccccc21. The van der Waals surface area contributed by atoms with Crippen molar-refractivity contribution in [1.82, 2.24) is 9.88 Å². The molecule has 3 rings (SSSR count). The van der Waals surface area contributed by atoms with E-state index in [1.807, 2.05) is 35.9 Å². The largest absolute Gasteiger partial charge is 0.386 e. The van der Waals surface area contributed by atoms with E-state index in [1.54, 1.807) is 6.20 Å². The van der Waals surface area contributed by atoms with Crippen molar-refractivity contribution in [3.63, 3.8) is 0 Å². The number of rotatable bonds is 5. The number of anilines is 1. The molecule has 0 aliphatic rings.